The fraction of sp³-hybridized carbons (Fsp3) is 0.529. The van der Waals surface area contributed by atoms with Gasteiger partial charge in [0.2, 0.25) is 5.91 Å². The molecular formula is C17H27N4O2+. The summed E-state index contributed by atoms with van der Waals surface area (Å²) in [5.41, 5.74) is 1.24. The summed E-state index contributed by atoms with van der Waals surface area (Å²) in [6, 6.07) is 10.3. The van der Waals surface area contributed by atoms with Crippen molar-refractivity contribution in [1.82, 2.24) is 10.6 Å². The van der Waals surface area contributed by atoms with Crippen LogP contribution in [0.1, 0.15) is 13.3 Å². The van der Waals surface area contributed by atoms with Gasteiger partial charge in [-0.1, -0.05) is 25.1 Å². The Balaban J connectivity index is 1.66. The van der Waals surface area contributed by atoms with Gasteiger partial charge >= 0.3 is 0 Å². The van der Waals surface area contributed by atoms with Gasteiger partial charge in [0.25, 0.3) is 5.91 Å². The highest BCUT2D eigenvalue weighted by atomic mass is 16.2. The molecule has 0 unspecified atom stereocenters. The number of carbonyl (C=O) groups excluding carboxylic acids is 2. The van der Waals surface area contributed by atoms with Crippen LogP contribution >= 0.6 is 0 Å². The average molecular weight is 319 g/mol. The minimum absolute atomic E-state index is 0.0557. The highest BCUT2D eigenvalue weighted by molar-refractivity contribution is 5.84. The predicted octanol–water partition coefficient (Wildman–Crippen LogP) is -0.966. The number of hydrogen-bond donors (Lipinski definition) is 3. The molecule has 1 fully saturated rings. The number of nitrogens with one attached hydrogen (secondary N) is 3. The van der Waals surface area contributed by atoms with Crippen LogP contribution < -0.4 is 20.4 Å². The monoisotopic (exact) mass is 319 g/mol. The Hall–Kier alpha value is -2.08. The molecule has 1 heterocycles. The second-order valence-corrected chi connectivity index (χ2v) is 5.88. The number of nitrogens with zero attached hydrogens (tertiary/aromatic N) is 1. The average Bonchev–Trinajstić information content (AvgIpc) is 2.59. The van der Waals surface area contributed by atoms with Gasteiger partial charge in [-0.3, -0.25) is 9.59 Å². The smallest absolute Gasteiger partial charge is 0.275 e. The van der Waals surface area contributed by atoms with E-state index in [4.69, 9.17) is 0 Å². The first-order chi connectivity index (χ1) is 11.2. The minimum Gasteiger partial charge on any atom is -0.360 e. The van der Waals surface area contributed by atoms with E-state index in [9.17, 15) is 9.59 Å². The third-order valence-electron chi connectivity index (χ3n) is 4.02. The number of piperazine rings is 1. The van der Waals surface area contributed by atoms with Crippen molar-refractivity contribution >= 4 is 17.5 Å². The molecule has 2 amide bonds. The molecule has 0 atom stereocenters. The predicted molar refractivity (Wildman–Crippen MR) is 90.5 cm³/mol. The van der Waals surface area contributed by atoms with Crippen LogP contribution in [0, 0.1) is 0 Å². The van der Waals surface area contributed by atoms with Gasteiger partial charge in [0.05, 0.1) is 32.7 Å². The number of rotatable bonds is 7. The fourth-order valence-electron chi connectivity index (χ4n) is 2.69. The van der Waals surface area contributed by atoms with E-state index in [1.54, 1.807) is 0 Å². The van der Waals surface area contributed by atoms with E-state index in [2.05, 4.69) is 27.7 Å². The van der Waals surface area contributed by atoms with Crippen LogP contribution in [0.15, 0.2) is 30.3 Å². The van der Waals surface area contributed by atoms with E-state index in [0.717, 1.165) is 32.6 Å². The second kappa shape index (κ2) is 9.15. The first-order valence-corrected chi connectivity index (χ1v) is 8.36. The van der Waals surface area contributed by atoms with Gasteiger partial charge in [-0.15, -0.1) is 0 Å². The van der Waals surface area contributed by atoms with Gasteiger partial charge in [-0.25, -0.2) is 0 Å². The maximum absolute atomic E-state index is 11.9. The molecule has 2 rings (SSSR count). The van der Waals surface area contributed by atoms with Crippen molar-refractivity contribution < 1.29 is 14.5 Å². The molecule has 1 saturated heterocycles. The molecule has 1 aliphatic rings. The molecule has 126 valence electrons. The van der Waals surface area contributed by atoms with Crippen LogP contribution in [0.2, 0.25) is 0 Å². The SMILES string of the molecule is CCCNC(=O)CNC(=O)C[NH+]1CCN(c2ccccc2)CC1. The number of para-hydroxylation sites is 1. The van der Waals surface area contributed by atoms with Crippen molar-refractivity contribution in [2.75, 3.05) is 50.7 Å². The van der Waals surface area contributed by atoms with Crippen LogP contribution in [0.25, 0.3) is 0 Å². The highest BCUT2D eigenvalue weighted by Gasteiger charge is 2.22. The minimum atomic E-state index is -0.121. The standard InChI is InChI=1S/C17H26N4O2/c1-2-8-18-16(22)13-19-17(23)14-20-9-11-21(12-10-20)15-6-4-3-5-7-15/h3-7H,2,8-14H2,1H3,(H,18,22)(H,19,23)/p+1. The summed E-state index contributed by atoms with van der Waals surface area (Å²) in [4.78, 5) is 27.0. The zero-order chi connectivity index (χ0) is 16.5. The van der Waals surface area contributed by atoms with E-state index in [1.807, 2.05) is 25.1 Å². The molecule has 0 aromatic heterocycles. The molecule has 0 aliphatic carbocycles. The summed E-state index contributed by atoms with van der Waals surface area (Å²) < 4.78 is 0. The number of benzene rings is 1. The van der Waals surface area contributed by atoms with E-state index < -0.39 is 0 Å². The molecule has 6 nitrogen and oxygen atoms in total. The number of amides is 2. The Morgan fingerprint density at radius 1 is 1.09 bits per heavy atom. The van der Waals surface area contributed by atoms with Gasteiger partial charge in [0.15, 0.2) is 6.54 Å². The lowest BCUT2D eigenvalue weighted by Gasteiger charge is -2.33. The van der Waals surface area contributed by atoms with Crippen molar-refractivity contribution in [3.8, 4) is 0 Å². The zero-order valence-electron chi connectivity index (χ0n) is 13.8. The normalized spacial score (nSPS) is 15.3. The van der Waals surface area contributed by atoms with Crippen molar-refractivity contribution in [1.29, 1.82) is 0 Å². The van der Waals surface area contributed by atoms with Crippen molar-refractivity contribution in [2.24, 2.45) is 0 Å². The molecule has 0 bridgehead atoms. The number of hydrogen-bond acceptors (Lipinski definition) is 3. The molecule has 1 aromatic carbocycles. The molecule has 6 heteroatoms. The summed E-state index contributed by atoms with van der Waals surface area (Å²) >= 11 is 0. The molecular weight excluding hydrogens is 292 g/mol. The summed E-state index contributed by atoms with van der Waals surface area (Å²) in [6.45, 7) is 6.92. The van der Waals surface area contributed by atoms with E-state index in [1.165, 1.54) is 10.6 Å². The van der Waals surface area contributed by atoms with Crippen LogP contribution in [0.4, 0.5) is 5.69 Å². The Bertz CT molecular complexity index is 499. The Kier molecular flexibility index (Phi) is 6.87. The third-order valence-corrected chi connectivity index (χ3v) is 4.02. The molecule has 3 N–H and O–H groups in total. The summed E-state index contributed by atoms with van der Waals surface area (Å²) in [5.74, 6) is -0.177. The number of carbonyl (C=O) groups is 2. The molecule has 0 saturated carbocycles. The van der Waals surface area contributed by atoms with Gasteiger partial charge in [-0.05, 0) is 18.6 Å². The fourth-order valence-corrected chi connectivity index (χ4v) is 2.69. The molecule has 0 radical (unpaired) electrons. The largest absolute Gasteiger partial charge is 0.360 e. The zero-order valence-corrected chi connectivity index (χ0v) is 13.8. The lowest BCUT2D eigenvalue weighted by molar-refractivity contribution is -0.892. The first kappa shape index (κ1) is 17.3. The van der Waals surface area contributed by atoms with Crippen LogP contribution in [0.3, 0.4) is 0 Å². The molecule has 1 aromatic rings. The first-order valence-electron chi connectivity index (χ1n) is 8.36. The van der Waals surface area contributed by atoms with Gasteiger partial charge in [0.1, 0.15) is 0 Å². The van der Waals surface area contributed by atoms with Crippen molar-refractivity contribution in [2.45, 2.75) is 13.3 Å². The molecule has 1 aliphatic heterocycles. The Morgan fingerprint density at radius 2 is 1.78 bits per heavy atom. The highest BCUT2D eigenvalue weighted by Crippen LogP contribution is 2.12. The quantitative estimate of drug-likeness (QED) is 0.606. The summed E-state index contributed by atoms with van der Waals surface area (Å²) in [7, 11) is 0. The van der Waals surface area contributed by atoms with Gasteiger partial charge in [0, 0.05) is 12.2 Å². The third kappa shape index (κ3) is 5.90. The van der Waals surface area contributed by atoms with E-state index in [-0.39, 0.29) is 18.4 Å². The van der Waals surface area contributed by atoms with E-state index in [0.29, 0.717) is 13.1 Å². The lowest BCUT2D eigenvalue weighted by Crippen LogP contribution is -3.16. The number of quaternary nitrogens is 1. The van der Waals surface area contributed by atoms with E-state index >= 15 is 0 Å². The summed E-state index contributed by atoms with van der Waals surface area (Å²) in [5, 5.41) is 5.44. The second-order valence-electron chi connectivity index (χ2n) is 5.88. The van der Waals surface area contributed by atoms with Crippen molar-refractivity contribution in [3.63, 3.8) is 0 Å². The maximum Gasteiger partial charge on any atom is 0.275 e. The molecule has 23 heavy (non-hydrogen) atoms. The summed E-state index contributed by atoms with van der Waals surface area (Å²) in [6.07, 6.45) is 0.898. The van der Waals surface area contributed by atoms with Crippen LogP contribution in [-0.2, 0) is 9.59 Å². The topological polar surface area (TPSA) is 65.9 Å². The maximum atomic E-state index is 11.9. The van der Waals surface area contributed by atoms with Gasteiger partial charge < -0.3 is 20.4 Å². The lowest BCUT2D eigenvalue weighted by atomic mass is 10.2. The van der Waals surface area contributed by atoms with Crippen molar-refractivity contribution in [3.05, 3.63) is 30.3 Å². The Labute approximate surface area is 137 Å². The van der Waals surface area contributed by atoms with Crippen LogP contribution in [-0.4, -0.2) is 57.6 Å². The van der Waals surface area contributed by atoms with Gasteiger partial charge in [-0.2, -0.15) is 0 Å². The number of anilines is 1. The Morgan fingerprint density at radius 3 is 2.43 bits per heavy atom. The molecule has 0 spiro atoms. The van der Waals surface area contributed by atoms with Crippen LogP contribution in [0.5, 0.6) is 0 Å².